The highest BCUT2D eigenvalue weighted by atomic mass is 19.4. The largest absolute Gasteiger partial charge is 0.416 e. The molecular formula is C25H36F3N5O6. The Balaban J connectivity index is 3.06. The Morgan fingerprint density at radius 3 is 1.97 bits per heavy atom. The fraction of sp³-hybridized carbons (Fsp3) is 0.560. The topological polar surface area (TPSA) is 180 Å². The van der Waals surface area contributed by atoms with Gasteiger partial charge in [-0.1, -0.05) is 44.2 Å². The van der Waals surface area contributed by atoms with Gasteiger partial charge < -0.3 is 32.1 Å². The third-order valence-electron chi connectivity index (χ3n) is 5.72. The second kappa shape index (κ2) is 15.0. The minimum absolute atomic E-state index is 0.00562. The Hall–Kier alpha value is -3.68. The molecule has 0 bridgehead atoms. The van der Waals surface area contributed by atoms with Gasteiger partial charge in [-0.25, -0.2) is 0 Å². The van der Waals surface area contributed by atoms with Crippen LogP contribution in [0.4, 0.5) is 13.2 Å². The van der Waals surface area contributed by atoms with Crippen molar-refractivity contribution in [3.8, 4) is 0 Å². The van der Waals surface area contributed by atoms with Crippen LogP contribution >= 0.6 is 0 Å². The first-order chi connectivity index (χ1) is 18.0. The molecule has 1 unspecified atom stereocenters. The van der Waals surface area contributed by atoms with Gasteiger partial charge in [-0.15, -0.1) is 0 Å². The highest BCUT2D eigenvalue weighted by molar-refractivity contribution is 5.94. The van der Waals surface area contributed by atoms with E-state index in [1.807, 2.05) is 5.32 Å². The van der Waals surface area contributed by atoms with E-state index < -0.39 is 78.8 Å². The molecule has 39 heavy (non-hydrogen) atoms. The van der Waals surface area contributed by atoms with Crippen molar-refractivity contribution in [3.05, 3.63) is 35.9 Å². The lowest BCUT2D eigenvalue weighted by Gasteiger charge is -2.28. The standard InChI is InChI=1S/C25H36F3N5O6/c1-13(2)20(31-15(4)34)24(39)33-18(12-16-8-6-5-7-9-16)23(38)30-14(3)22(37)32-17(10-11-19(29)35)21(36)25(26,27)28/h5-9,13-14,17-18,20-21,36H,10-12H2,1-4H3,(H2,29,35)(H,30,38)(H,31,34)(H,32,37)(H,33,39)/t14-,17+,18-,20-,21?/m0/s1. The number of hydrogen-bond donors (Lipinski definition) is 6. The zero-order chi connectivity index (χ0) is 29.9. The zero-order valence-electron chi connectivity index (χ0n) is 22.2. The summed E-state index contributed by atoms with van der Waals surface area (Å²) in [5, 5.41) is 19.1. The molecule has 0 aliphatic rings. The number of aliphatic hydroxyl groups is 1. The fourth-order valence-corrected chi connectivity index (χ4v) is 3.60. The van der Waals surface area contributed by atoms with E-state index in [2.05, 4.69) is 16.0 Å². The Bertz CT molecular complexity index is 1010. The second-order valence-electron chi connectivity index (χ2n) is 9.51. The Morgan fingerprint density at radius 1 is 0.897 bits per heavy atom. The summed E-state index contributed by atoms with van der Waals surface area (Å²) in [6, 6.07) is 3.15. The first kappa shape index (κ1) is 33.3. The smallest absolute Gasteiger partial charge is 0.382 e. The van der Waals surface area contributed by atoms with Gasteiger partial charge in [0, 0.05) is 19.8 Å². The molecule has 0 saturated heterocycles. The lowest BCUT2D eigenvalue weighted by atomic mass is 10.0. The normalized spacial score (nSPS) is 15.3. The average Bonchev–Trinajstić information content (AvgIpc) is 2.83. The van der Waals surface area contributed by atoms with Crippen molar-refractivity contribution in [2.75, 3.05) is 0 Å². The van der Waals surface area contributed by atoms with Gasteiger partial charge in [-0.05, 0) is 24.8 Å². The van der Waals surface area contributed by atoms with Gasteiger partial charge in [0.25, 0.3) is 0 Å². The number of primary amides is 1. The van der Waals surface area contributed by atoms with Crippen LogP contribution in [0.25, 0.3) is 0 Å². The van der Waals surface area contributed by atoms with Gasteiger partial charge in [-0.3, -0.25) is 24.0 Å². The molecule has 0 heterocycles. The minimum atomic E-state index is -5.09. The molecule has 0 spiro atoms. The van der Waals surface area contributed by atoms with Crippen LogP contribution < -0.4 is 27.0 Å². The molecule has 11 nitrogen and oxygen atoms in total. The van der Waals surface area contributed by atoms with Crippen molar-refractivity contribution in [2.24, 2.45) is 11.7 Å². The van der Waals surface area contributed by atoms with E-state index in [0.29, 0.717) is 5.56 Å². The summed E-state index contributed by atoms with van der Waals surface area (Å²) in [7, 11) is 0. The van der Waals surface area contributed by atoms with Crippen molar-refractivity contribution in [3.63, 3.8) is 0 Å². The number of nitrogens with one attached hydrogen (secondary N) is 4. The molecule has 5 amide bonds. The molecule has 0 aromatic heterocycles. The first-order valence-corrected chi connectivity index (χ1v) is 12.3. The van der Waals surface area contributed by atoms with Crippen molar-refractivity contribution in [1.29, 1.82) is 0 Å². The highest BCUT2D eigenvalue weighted by Crippen LogP contribution is 2.24. The number of nitrogens with two attached hydrogens (primary N) is 1. The summed E-state index contributed by atoms with van der Waals surface area (Å²) < 4.78 is 39.2. The maximum absolute atomic E-state index is 13.1. The Labute approximate surface area is 224 Å². The highest BCUT2D eigenvalue weighted by Gasteiger charge is 2.44. The molecule has 1 rings (SSSR count). The maximum Gasteiger partial charge on any atom is 0.416 e. The quantitative estimate of drug-likeness (QED) is 0.187. The summed E-state index contributed by atoms with van der Waals surface area (Å²) in [5.41, 5.74) is 5.64. The summed E-state index contributed by atoms with van der Waals surface area (Å²) in [6.07, 6.45) is -9.18. The second-order valence-corrected chi connectivity index (χ2v) is 9.51. The molecule has 218 valence electrons. The zero-order valence-corrected chi connectivity index (χ0v) is 22.2. The molecule has 14 heteroatoms. The monoisotopic (exact) mass is 559 g/mol. The van der Waals surface area contributed by atoms with Gasteiger partial charge in [0.1, 0.15) is 18.1 Å². The molecule has 1 aromatic rings. The van der Waals surface area contributed by atoms with Crippen LogP contribution in [0.2, 0.25) is 0 Å². The maximum atomic E-state index is 13.1. The number of hydrogen-bond acceptors (Lipinski definition) is 6. The number of rotatable bonds is 14. The van der Waals surface area contributed by atoms with Crippen molar-refractivity contribution in [2.45, 2.75) is 83.4 Å². The minimum Gasteiger partial charge on any atom is -0.382 e. The number of carbonyl (C=O) groups is 5. The Kier molecular flexibility index (Phi) is 12.9. The SMILES string of the molecule is CC(=O)N[C@H](C(=O)N[C@@H](Cc1ccccc1)C(=O)N[C@@H](C)C(=O)N[C@H](CCC(N)=O)C(O)C(F)(F)F)C(C)C. The molecule has 0 saturated carbocycles. The van der Waals surface area contributed by atoms with Gasteiger partial charge in [0.15, 0.2) is 6.10 Å². The predicted octanol–water partition coefficient (Wildman–Crippen LogP) is 0.0528. The molecule has 0 aliphatic carbocycles. The molecule has 0 aliphatic heterocycles. The van der Waals surface area contributed by atoms with Crippen molar-refractivity contribution < 1.29 is 42.3 Å². The van der Waals surface area contributed by atoms with E-state index in [0.717, 1.165) is 0 Å². The molecule has 0 fully saturated rings. The number of benzene rings is 1. The van der Waals surface area contributed by atoms with Gasteiger partial charge in [0.05, 0.1) is 6.04 Å². The first-order valence-electron chi connectivity index (χ1n) is 12.3. The van der Waals surface area contributed by atoms with Crippen LogP contribution in [0.5, 0.6) is 0 Å². The van der Waals surface area contributed by atoms with Crippen LogP contribution in [0.3, 0.4) is 0 Å². The van der Waals surface area contributed by atoms with Crippen LogP contribution in [0.1, 0.15) is 46.1 Å². The Morgan fingerprint density at radius 2 is 1.49 bits per heavy atom. The fourth-order valence-electron chi connectivity index (χ4n) is 3.60. The number of aliphatic hydroxyl groups excluding tert-OH is 1. The van der Waals surface area contributed by atoms with Crippen LogP contribution in [-0.4, -0.2) is 71.1 Å². The lowest BCUT2D eigenvalue weighted by Crippen LogP contribution is -2.59. The predicted molar refractivity (Wildman–Crippen MR) is 135 cm³/mol. The molecule has 0 radical (unpaired) electrons. The van der Waals surface area contributed by atoms with E-state index in [1.165, 1.54) is 13.8 Å². The third kappa shape index (κ3) is 11.7. The molecule has 7 N–H and O–H groups in total. The molecule has 5 atom stereocenters. The number of halogens is 3. The van der Waals surface area contributed by atoms with E-state index in [1.54, 1.807) is 44.2 Å². The summed E-state index contributed by atoms with van der Waals surface area (Å²) in [5.74, 6) is -4.23. The van der Waals surface area contributed by atoms with Gasteiger partial charge in [0.2, 0.25) is 29.5 Å². The van der Waals surface area contributed by atoms with E-state index >= 15 is 0 Å². The van der Waals surface area contributed by atoms with Crippen LogP contribution in [0.15, 0.2) is 30.3 Å². The number of amides is 5. The van der Waals surface area contributed by atoms with E-state index in [9.17, 15) is 42.3 Å². The summed E-state index contributed by atoms with van der Waals surface area (Å²) in [6.45, 7) is 5.84. The van der Waals surface area contributed by atoms with Gasteiger partial charge >= 0.3 is 6.18 Å². The third-order valence-corrected chi connectivity index (χ3v) is 5.72. The van der Waals surface area contributed by atoms with Gasteiger partial charge in [-0.2, -0.15) is 13.2 Å². The van der Waals surface area contributed by atoms with E-state index in [-0.39, 0.29) is 12.3 Å². The van der Waals surface area contributed by atoms with Crippen molar-refractivity contribution >= 4 is 29.5 Å². The lowest BCUT2D eigenvalue weighted by molar-refractivity contribution is -0.212. The van der Waals surface area contributed by atoms with Crippen LogP contribution in [-0.2, 0) is 30.4 Å². The van der Waals surface area contributed by atoms with E-state index in [4.69, 9.17) is 5.73 Å². The summed E-state index contributed by atoms with van der Waals surface area (Å²) >= 11 is 0. The van der Waals surface area contributed by atoms with Crippen molar-refractivity contribution in [1.82, 2.24) is 21.3 Å². The van der Waals surface area contributed by atoms with Crippen LogP contribution in [0, 0.1) is 5.92 Å². The summed E-state index contributed by atoms with van der Waals surface area (Å²) in [4.78, 5) is 61.3. The number of carbonyl (C=O) groups excluding carboxylic acids is 5. The average molecular weight is 560 g/mol. The molecule has 1 aromatic carbocycles. The number of alkyl halides is 3. The molecular weight excluding hydrogens is 523 g/mol.